The van der Waals surface area contributed by atoms with Crippen LogP contribution in [0.5, 0.6) is 0 Å². The SMILES string of the molecule is COCc1cc(C)nc2sc3c(nc(C)n4c5ccccc5nc34)c12. The van der Waals surface area contributed by atoms with Crippen LogP contribution in [-0.4, -0.2) is 26.5 Å². The minimum absolute atomic E-state index is 0.550. The minimum atomic E-state index is 0.550. The first-order valence-corrected chi connectivity index (χ1v) is 8.94. The van der Waals surface area contributed by atoms with Crippen molar-refractivity contribution in [1.82, 2.24) is 19.4 Å². The van der Waals surface area contributed by atoms with Crippen molar-refractivity contribution in [3.8, 4) is 0 Å². The number of nitrogens with zero attached hydrogens (tertiary/aromatic N) is 4. The topological polar surface area (TPSA) is 52.3 Å². The maximum Gasteiger partial charge on any atom is 0.159 e. The maximum atomic E-state index is 5.40. The van der Waals surface area contributed by atoms with Gasteiger partial charge in [0.05, 0.1) is 27.9 Å². The Balaban J connectivity index is 2.02. The van der Waals surface area contributed by atoms with Crippen LogP contribution >= 0.6 is 11.3 Å². The van der Waals surface area contributed by atoms with Crippen LogP contribution in [0.25, 0.3) is 37.1 Å². The van der Waals surface area contributed by atoms with Gasteiger partial charge in [0, 0.05) is 18.2 Å². The van der Waals surface area contributed by atoms with Crippen molar-refractivity contribution in [3.63, 3.8) is 0 Å². The van der Waals surface area contributed by atoms with Gasteiger partial charge in [0.25, 0.3) is 0 Å². The third kappa shape index (κ3) is 2.01. The highest BCUT2D eigenvalue weighted by Crippen LogP contribution is 2.37. The predicted octanol–water partition coefficient (Wildman–Crippen LogP) is 4.41. The van der Waals surface area contributed by atoms with Gasteiger partial charge < -0.3 is 4.74 Å². The lowest BCUT2D eigenvalue weighted by molar-refractivity contribution is 0.186. The van der Waals surface area contributed by atoms with Crippen LogP contribution in [0.4, 0.5) is 0 Å². The molecule has 25 heavy (non-hydrogen) atoms. The number of hydrogen-bond acceptors (Lipinski definition) is 5. The zero-order chi connectivity index (χ0) is 17.1. The second kappa shape index (κ2) is 5.21. The molecule has 0 atom stereocenters. The van der Waals surface area contributed by atoms with E-state index < -0.39 is 0 Å². The molecule has 0 aliphatic rings. The molecule has 5 aromatic rings. The largest absolute Gasteiger partial charge is 0.380 e. The molecule has 5 rings (SSSR count). The number of methoxy groups -OCH3 is 1. The monoisotopic (exact) mass is 348 g/mol. The lowest BCUT2D eigenvalue weighted by Crippen LogP contribution is -1.97. The fourth-order valence-electron chi connectivity index (χ4n) is 3.54. The summed E-state index contributed by atoms with van der Waals surface area (Å²) in [4.78, 5) is 15.5. The van der Waals surface area contributed by atoms with E-state index in [-0.39, 0.29) is 0 Å². The van der Waals surface area contributed by atoms with Crippen LogP contribution in [0, 0.1) is 13.8 Å². The van der Waals surface area contributed by atoms with Crippen molar-refractivity contribution in [2.75, 3.05) is 7.11 Å². The van der Waals surface area contributed by atoms with E-state index in [2.05, 4.69) is 16.5 Å². The van der Waals surface area contributed by atoms with Gasteiger partial charge in [-0.25, -0.2) is 15.0 Å². The van der Waals surface area contributed by atoms with Gasteiger partial charge in [-0.1, -0.05) is 12.1 Å². The number of pyridine rings is 1. The van der Waals surface area contributed by atoms with Gasteiger partial charge in [0.2, 0.25) is 0 Å². The van der Waals surface area contributed by atoms with Crippen molar-refractivity contribution in [2.24, 2.45) is 0 Å². The molecule has 6 heteroatoms. The van der Waals surface area contributed by atoms with Crippen LogP contribution in [0.2, 0.25) is 0 Å². The Morgan fingerprint density at radius 3 is 2.80 bits per heavy atom. The molecular formula is C19H16N4OS. The molecule has 0 unspecified atom stereocenters. The van der Waals surface area contributed by atoms with Crippen LogP contribution in [-0.2, 0) is 11.3 Å². The third-order valence-electron chi connectivity index (χ3n) is 4.51. The summed E-state index contributed by atoms with van der Waals surface area (Å²) >= 11 is 1.66. The number of aryl methyl sites for hydroxylation is 2. The Hall–Kier alpha value is -2.57. The molecule has 124 valence electrons. The lowest BCUT2D eigenvalue weighted by atomic mass is 10.1. The maximum absolute atomic E-state index is 5.40. The van der Waals surface area contributed by atoms with Gasteiger partial charge in [0.1, 0.15) is 10.7 Å². The molecule has 0 aliphatic carbocycles. The van der Waals surface area contributed by atoms with E-state index in [1.54, 1.807) is 18.4 Å². The Morgan fingerprint density at radius 1 is 1.12 bits per heavy atom. The average molecular weight is 348 g/mol. The smallest absolute Gasteiger partial charge is 0.159 e. The summed E-state index contributed by atoms with van der Waals surface area (Å²) in [6.45, 7) is 4.59. The summed E-state index contributed by atoms with van der Waals surface area (Å²) in [5.41, 5.74) is 6.12. The van der Waals surface area contributed by atoms with E-state index in [1.807, 2.05) is 32.0 Å². The van der Waals surface area contributed by atoms with E-state index in [4.69, 9.17) is 19.7 Å². The zero-order valence-electron chi connectivity index (χ0n) is 14.2. The van der Waals surface area contributed by atoms with Crippen molar-refractivity contribution >= 4 is 48.5 Å². The van der Waals surface area contributed by atoms with E-state index in [1.165, 1.54) is 0 Å². The second-order valence-corrected chi connectivity index (χ2v) is 7.23. The van der Waals surface area contributed by atoms with Gasteiger partial charge >= 0.3 is 0 Å². The molecule has 0 radical (unpaired) electrons. The number of ether oxygens (including phenoxy) is 1. The molecule has 0 amide bonds. The quantitative estimate of drug-likeness (QED) is 0.474. The minimum Gasteiger partial charge on any atom is -0.380 e. The van der Waals surface area contributed by atoms with Crippen LogP contribution < -0.4 is 0 Å². The predicted molar refractivity (Wildman–Crippen MR) is 101 cm³/mol. The Morgan fingerprint density at radius 2 is 1.96 bits per heavy atom. The number of aromatic nitrogens is 4. The van der Waals surface area contributed by atoms with Crippen molar-refractivity contribution in [1.29, 1.82) is 0 Å². The van der Waals surface area contributed by atoms with Crippen molar-refractivity contribution < 1.29 is 4.74 Å². The number of fused-ring (bicyclic) bond motifs is 7. The van der Waals surface area contributed by atoms with E-state index in [0.717, 1.165) is 54.2 Å². The molecule has 0 N–H and O–H groups in total. The van der Waals surface area contributed by atoms with Crippen molar-refractivity contribution in [3.05, 3.63) is 47.4 Å². The summed E-state index contributed by atoms with van der Waals surface area (Å²) in [5.74, 6) is 0.930. The molecule has 0 saturated carbocycles. The molecule has 0 aliphatic heterocycles. The fraction of sp³-hybridized carbons (Fsp3) is 0.211. The van der Waals surface area contributed by atoms with Gasteiger partial charge in [-0.05, 0) is 37.6 Å². The number of imidazole rings is 1. The van der Waals surface area contributed by atoms with Crippen LogP contribution in [0.15, 0.2) is 30.3 Å². The van der Waals surface area contributed by atoms with Crippen LogP contribution in [0.1, 0.15) is 17.1 Å². The normalized spacial score (nSPS) is 12.1. The highest BCUT2D eigenvalue weighted by Gasteiger charge is 2.19. The number of hydrogen-bond donors (Lipinski definition) is 0. The molecule has 0 bridgehead atoms. The molecule has 5 nitrogen and oxygen atoms in total. The van der Waals surface area contributed by atoms with Gasteiger partial charge in [-0.15, -0.1) is 11.3 Å². The highest BCUT2D eigenvalue weighted by atomic mass is 32.1. The highest BCUT2D eigenvalue weighted by molar-refractivity contribution is 7.26. The molecular weight excluding hydrogens is 332 g/mol. The Labute approximate surface area is 147 Å². The summed E-state index contributed by atoms with van der Waals surface area (Å²) in [6, 6.07) is 10.3. The van der Waals surface area contributed by atoms with E-state index >= 15 is 0 Å². The zero-order valence-corrected chi connectivity index (χ0v) is 15.0. The molecule has 4 aromatic heterocycles. The van der Waals surface area contributed by atoms with Gasteiger partial charge in [0.15, 0.2) is 5.65 Å². The van der Waals surface area contributed by atoms with Crippen LogP contribution in [0.3, 0.4) is 0 Å². The summed E-state index contributed by atoms with van der Waals surface area (Å²) < 4.78 is 8.61. The third-order valence-corrected chi connectivity index (χ3v) is 5.58. The standard InChI is InChI=1S/C19H16N4OS/c1-10-8-12(9-24-3)15-16-17(25-19(15)20-10)18-22-13-6-4-5-7-14(13)23(18)11(2)21-16/h4-8H,9H2,1-3H3. The molecule has 0 saturated heterocycles. The molecule has 1 aromatic carbocycles. The lowest BCUT2D eigenvalue weighted by Gasteiger charge is -2.05. The summed E-state index contributed by atoms with van der Waals surface area (Å²) in [7, 11) is 1.72. The number of rotatable bonds is 2. The Kier molecular flexibility index (Phi) is 3.07. The number of para-hydroxylation sites is 2. The summed E-state index contributed by atoms with van der Waals surface area (Å²) in [6.07, 6.45) is 0. The van der Waals surface area contributed by atoms with Gasteiger partial charge in [-0.2, -0.15) is 0 Å². The first-order chi connectivity index (χ1) is 12.2. The second-order valence-electron chi connectivity index (χ2n) is 6.23. The Bertz CT molecular complexity index is 1290. The molecule has 0 spiro atoms. The first-order valence-electron chi connectivity index (χ1n) is 8.13. The molecule has 0 fully saturated rings. The van der Waals surface area contributed by atoms with Gasteiger partial charge in [-0.3, -0.25) is 4.40 Å². The fourth-order valence-corrected chi connectivity index (χ4v) is 4.73. The average Bonchev–Trinajstić information content (AvgIpc) is 3.13. The number of benzene rings is 1. The summed E-state index contributed by atoms with van der Waals surface area (Å²) in [5, 5.41) is 1.09. The van der Waals surface area contributed by atoms with Crippen molar-refractivity contribution in [2.45, 2.75) is 20.5 Å². The van der Waals surface area contributed by atoms with E-state index in [0.29, 0.717) is 6.61 Å². The number of thiophene rings is 1. The molecule has 4 heterocycles. The first kappa shape index (κ1) is 14.7. The van der Waals surface area contributed by atoms with E-state index in [9.17, 15) is 0 Å².